The molecule has 1 rings (SSSR count). The monoisotopic (exact) mass is 225 g/mol. The quantitative estimate of drug-likeness (QED) is 0.799. The summed E-state index contributed by atoms with van der Waals surface area (Å²) in [4.78, 5) is 2.21. The van der Waals surface area contributed by atoms with E-state index in [1.54, 1.807) is 0 Å². The predicted molar refractivity (Wildman–Crippen MR) is 65.3 cm³/mol. The van der Waals surface area contributed by atoms with Crippen LogP contribution in [0.25, 0.3) is 0 Å². The van der Waals surface area contributed by atoms with Gasteiger partial charge in [-0.25, -0.2) is 0 Å². The van der Waals surface area contributed by atoms with Gasteiger partial charge in [-0.2, -0.15) is 5.10 Å². The number of aliphatic hydroxyl groups is 1. The Bertz CT molecular complexity index is 314. The molecule has 0 aliphatic rings. The van der Waals surface area contributed by atoms with Crippen LogP contribution in [0.5, 0.6) is 0 Å². The minimum Gasteiger partial charge on any atom is -0.395 e. The molecule has 4 nitrogen and oxygen atoms in total. The molecule has 0 saturated carbocycles. The first-order valence-corrected chi connectivity index (χ1v) is 5.85. The van der Waals surface area contributed by atoms with Gasteiger partial charge < -0.3 is 5.11 Å². The van der Waals surface area contributed by atoms with Gasteiger partial charge in [0.1, 0.15) is 0 Å². The Morgan fingerprint density at radius 1 is 1.44 bits per heavy atom. The first kappa shape index (κ1) is 13.2. The van der Waals surface area contributed by atoms with Crippen molar-refractivity contribution in [1.29, 1.82) is 0 Å². The fourth-order valence-corrected chi connectivity index (χ4v) is 1.81. The molecular weight excluding hydrogens is 202 g/mol. The summed E-state index contributed by atoms with van der Waals surface area (Å²) in [5.74, 6) is 0. The van der Waals surface area contributed by atoms with Crippen LogP contribution in [0.2, 0.25) is 0 Å². The third kappa shape index (κ3) is 3.32. The standard InChI is InChI=1S/C12H23N3O/c1-5-15(6-7-16)9-10-8-13-14-11(10)12(2,3)4/h8,16H,5-7,9H2,1-4H3,(H,13,14). The van der Waals surface area contributed by atoms with Crippen molar-refractivity contribution in [3.63, 3.8) is 0 Å². The third-order valence-corrected chi connectivity index (χ3v) is 2.73. The summed E-state index contributed by atoms with van der Waals surface area (Å²) >= 11 is 0. The molecule has 0 unspecified atom stereocenters. The average molecular weight is 225 g/mol. The molecule has 0 saturated heterocycles. The highest BCUT2D eigenvalue weighted by Crippen LogP contribution is 2.24. The Kier molecular flexibility index (Phi) is 4.50. The lowest BCUT2D eigenvalue weighted by molar-refractivity contribution is 0.196. The maximum Gasteiger partial charge on any atom is 0.0558 e. The average Bonchev–Trinajstić information content (AvgIpc) is 2.64. The lowest BCUT2D eigenvalue weighted by Crippen LogP contribution is -2.27. The molecule has 0 aliphatic heterocycles. The summed E-state index contributed by atoms with van der Waals surface area (Å²) in [6, 6.07) is 0. The Labute approximate surface area is 97.7 Å². The van der Waals surface area contributed by atoms with Crippen LogP contribution in [0, 0.1) is 0 Å². The summed E-state index contributed by atoms with van der Waals surface area (Å²) in [7, 11) is 0. The van der Waals surface area contributed by atoms with E-state index in [9.17, 15) is 0 Å². The van der Waals surface area contributed by atoms with Gasteiger partial charge >= 0.3 is 0 Å². The Hall–Kier alpha value is -0.870. The highest BCUT2D eigenvalue weighted by molar-refractivity contribution is 5.23. The van der Waals surface area contributed by atoms with E-state index in [4.69, 9.17) is 5.11 Å². The fourth-order valence-electron chi connectivity index (χ4n) is 1.81. The van der Waals surface area contributed by atoms with E-state index >= 15 is 0 Å². The molecule has 0 aromatic carbocycles. The van der Waals surface area contributed by atoms with Crippen LogP contribution >= 0.6 is 0 Å². The van der Waals surface area contributed by atoms with Crippen molar-refractivity contribution in [1.82, 2.24) is 15.1 Å². The van der Waals surface area contributed by atoms with Crippen molar-refractivity contribution in [3.8, 4) is 0 Å². The van der Waals surface area contributed by atoms with E-state index in [0.29, 0.717) is 6.54 Å². The summed E-state index contributed by atoms with van der Waals surface area (Å²) in [6.45, 7) is 11.3. The summed E-state index contributed by atoms with van der Waals surface area (Å²) in [5, 5.41) is 16.2. The third-order valence-electron chi connectivity index (χ3n) is 2.73. The lowest BCUT2D eigenvalue weighted by Gasteiger charge is -2.23. The first-order valence-electron chi connectivity index (χ1n) is 5.85. The van der Waals surface area contributed by atoms with Crippen LogP contribution in [0.1, 0.15) is 39.0 Å². The van der Waals surface area contributed by atoms with E-state index < -0.39 is 0 Å². The maximum atomic E-state index is 8.96. The Balaban J connectivity index is 2.77. The number of hydrogen-bond donors (Lipinski definition) is 2. The molecule has 0 amide bonds. The number of rotatable bonds is 5. The molecule has 16 heavy (non-hydrogen) atoms. The molecule has 92 valence electrons. The molecular formula is C12H23N3O. The van der Waals surface area contributed by atoms with E-state index in [0.717, 1.165) is 13.1 Å². The molecule has 2 N–H and O–H groups in total. The number of H-pyrrole nitrogens is 1. The SMILES string of the molecule is CCN(CCO)Cc1cn[nH]c1C(C)(C)C. The summed E-state index contributed by atoms with van der Waals surface area (Å²) < 4.78 is 0. The van der Waals surface area contributed by atoms with Gasteiger partial charge in [-0.15, -0.1) is 0 Å². The van der Waals surface area contributed by atoms with Crippen molar-refractivity contribution >= 4 is 0 Å². The van der Waals surface area contributed by atoms with Gasteiger partial charge in [0.15, 0.2) is 0 Å². The van der Waals surface area contributed by atoms with Crippen LogP contribution in [0.15, 0.2) is 6.20 Å². The van der Waals surface area contributed by atoms with Crippen LogP contribution in [0.4, 0.5) is 0 Å². The molecule has 1 aromatic rings. The molecule has 1 heterocycles. The zero-order chi connectivity index (χ0) is 12.2. The van der Waals surface area contributed by atoms with Crippen molar-refractivity contribution in [2.24, 2.45) is 0 Å². The van der Waals surface area contributed by atoms with Gasteiger partial charge in [0.05, 0.1) is 12.8 Å². The van der Waals surface area contributed by atoms with Crippen LogP contribution < -0.4 is 0 Å². The second kappa shape index (κ2) is 5.46. The van der Waals surface area contributed by atoms with Gasteiger partial charge in [-0.3, -0.25) is 10.00 Å². The first-order chi connectivity index (χ1) is 7.49. The van der Waals surface area contributed by atoms with E-state index in [2.05, 4.69) is 42.8 Å². The predicted octanol–water partition coefficient (Wildman–Crippen LogP) is 1.52. The van der Waals surface area contributed by atoms with Gasteiger partial charge in [-0.1, -0.05) is 27.7 Å². The minimum absolute atomic E-state index is 0.0878. The zero-order valence-corrected chi connectivity index (χ0v) is 10.7. The van der Waals surface area contributed by atoms with Crippen molar-refractivity contribution in [2.75, 3.05) is 19.7 Å². The molecule has 0 aliphatic carbocycles. The molecule has 0 atom stereocenters. The van der Waals surface area contributed by atoms with Crippen molar-refractivity contribution in [2.45, 2.75) is 39.7 Å². The molecule has 0 radical (unpaired) electrons. The van der Waals surface area contributed by atoms with E-state index in [1.165, 1.54) is 11.3 Å². The zero-order valence-electron chi connectivity index (χ0n) is 10.7. The van der Waals surface area contributed by atoms with Crippen LogP contribution in [-0.2, 0) is 12.0 Å². The number of aromatic amines is 1. The topological polar surface area (TPSA) is 52.1 Å². The number of aromatic nitrogens is 2. The lowest BCUT2D eigenvalue weighted by atomic mass is 9.89. The molecule has 0 bridgehead atoms. The summed E-state index contributed by atoms with van der Waals surface area (Å²) in [5.41, 5.74) is 2.50. The van der Waals surface area contributed by atoms with Gasteiger partial charge in [0.2, 0.25) is 0 Å². The van der Waals surface area contributed by atoms with Crippen LogP contribution in [-0.4, -0.2) is 39.9 Å². The summed E-state index contributed by atoms with van der Waals surface area (Å²) in [6.07, 6.45) is 1.89. The van der Waals surface area contributed by atoms with Crippen molar-refractivity contribution < 1.29 is 5.11 Å². The number of likely N-dealkylation sites (N-methyl/N-ethyl adjacent to an activating group) is 1. The van der Waals surface area contributed by atoms with Crippen molar-refractivity contribution in [3.05, 3.63) is 17.5 Å². The van der Waals surface area contributed by atoms with E-state index in [1.807, 2.05) is 6.20 Å². The van der Waals surface area contributed by atoms with E-state index in [-0.39, 0.29) is 12.0 Å². The Morgan fingerprint density at radius 3 is 2.62 bits per heavy atom. The highest BCUT2D eigenvalue weighted by atomic mass is 16.3. The smallest absolute Gasteiger partial charge is 0.0558 e. The number of nitrogens with zero attached hydrogens (tertiary/aromatic N) is 2. The largest absolute Gasteiger partial charge is 0.395 e. The number of aliphatic hydroxyl groups excluding tert-OH is 1. The Morgan fingerprint density at radius 2 is 2.12 bits per heavy atom. The number of hydrogen-bond acceptors (Lipinski definition) is 3. The molecule has 0 fully saturated rings. The maximum absolute atomic E-state index is 8.96. The second-order valence-corrected chi connectivity index (χ2v) is 5.11. The van der Waals surface area contributed by atoms with Crippen LogP contribution in [0.3, 0.4) is 0 Å². The normalized spacial score (nSPS) is 12.4. The molecule has 4 heteroatoms. The van der Waals surface area contributed by atoms with Gasteiger partial charge in [0.25, 0.3) is 0 Å². The molecule has 1 aromatic heterocycles. The van der Waals surface area contributed by atoms with Gasteiger partial charge in [-0.05, 0) is 6.54 Å². The second-order valence-electron chi connectivity index (χ2n) is 5.11. The highest BCUT2D eigenvalue weighted by Gasteiger charge is 2.20. The minimum atomic E-state index is 0.0878. The van der Waals surface area contributed by atoms with Gasteiger partial charge in [0, 0.05) is 29.8 Å². The number of nitrogens with one attached hydrogen (secondary N) is 1. The fraction of sp³-hybridized carbons (Fsp3) is 0.750. The molecule has 0 spiro atoms.